The number of nitrogens with zero attached hydrogens (tertiary/aromatic N) is 1. The maximum absolute atomic E-state index is 2.79. The van der Waals surface area contributed by atoms with Crippen molar-refractivity contribution in [2.24, 2.45) is 0 Å². The zero-order valence-corrected chi connectivity index (χ0v) is 25.4. The lowest BCUT2D eigenvalue weighted by Crippen LogP contribution is -2.27. The van der Waals surface area contributed by atoms with E-state index in [4.69, 9.17) is 0 Å². The minimum Gasteiger partial charge on any atom is -0.303 e. The van der Waals surface area contributed by atoms with E-state index in [9.17, 15) is 0 Å². The van der Waals surface area contributed by atoms with E-state index in [0.29, 0.717) is 0 Å². The smallest absolute Gasteiger partial charge is 0.00187 e. The lowest BCUT2D eigenvalue weighted by atomic mass is 10.0. The molecule has 0 amide bonds. The van der Waals surface area contributed by atoms with Crippen molar-refractivity contribution < 1.29 is 0 Å². The van der Waals surface area contributed by atoms with Gasteiger partial charge in [0.15, 0.2) is 0 Å². The highest BCUT2D eigenvalue weighted by atomic mass is 15.1. The second-order valence-electron chi connectivity index (χ2n) is 11.7. The molecule has 0 aromatic heterocycles. The van der Waals surface area contributed by atoms with E-state index >= 15 is 0 Å². The molecular formula is C34H71N. The highest BCUT2D eigenvalue weighted by Gasteiger charge is 2.04. The molecule has 35 heavy (non-hydrogen) atoms. The van der Waals surface area contributed by atoms with Gasteiger partial charge in [-0.1, -0.05) is 181 Å². The fourth-order valence-corrected chi connectivity index (χ4v) is 5.42. The summed E-state index contributed by atoms with van der Waals surface area (Å²) in [5, 5.41) is 0. The van der Waals surface area contributed by atoms with Crippen molar-refractivity contribution in [3.8, 4) is 0 Å². The van der Waals surface area contributed by atoms with Crippen LogP contribution in [0.25, 0.3) is 0 Å². The third-order valence-electron chi connectivity index (χ3n) is 7.98. The molecule has 0 aliphatic heterocycles. The first-order valence-electron chi connectivity index (χ1n) is 17.1. The zero-order chi connectivity index (χ0) is 25.5. The second kappa shape index (κ2) is 32.0. The first-order valence-corrected chi connectivity index (χ1v) is 17.1. The van der Waals surface area contributed by atoms with Gasteiger partial charge in [-0.05, 0) is 38.9 Å². The molecule has 0 rings (SSSR count). The number of unbranched alkanes of at least 4 members (excludes halogenated alkanes) is 25. The van der Waals surface area contributed by atoms with Crippen LogP contribution < -0.4 is 0 Å². The molecule has 0 aromatic rings. The Morgan fingerprint density at radius 1 is 0.229 bits per heavy atom. The molecule has 1 nitrogen and oxygen atoms in total. The number of hydrogen-bond donors (Lipinski definition) is 0. The van der Waals surface area contributed by atoms with E-state index in [1.54, 1.807) is 0 Å². The van der Waals surface area contributed by atoms with E-state index in [2.05, 4.69) is 25.7 Å². The standard InChI is InChI=1S/C34H71N/c1-4-7-10-12-14-16-18-20-22-24-26-28-30-33-35(32-9-6-3)34-31-29-27-25-23-21-19-17-15-13-11-8-5-2/h4-34H2,1-3H3. The third-order valence-corrected chi connectivity index (χ3v) is 7.98. The summed E-state index contributed by atoms with van der Waals surface area (Å²) in [5.41, 5.74) is 0. The highest BCUT2D eigenvalue weighted by molar-refractivity contribution is 4.60. The SMILES string of the molecule is CCCCCCCCCCCCCCCN(CCCC)CCCCCCCCCCCCCCC. The molecule has 0 bridgehead atoms. The molecular weight excluding hydrogens is 422 g/mol. The molecule has 0 radical (unpaired) electrons. The highest BCUT2D eigenvalue weighted by Crippen LogP contribution is 2.14. The van der Waals surface area contributed by atoms with Gasteiger partial charge in [-0.2, -0.15) is 0 Å². The Hall–Kier alpha value is -0.0400. The molecule has 0 spiro atoms. The molecule has 0 N–H and O–H groups in total. The predicted octanol–water partition coefficient (Wildman–Crippen LogP) is 12.3. The van der Waals surface area contributed by atoms with Gasteiger partial charge < -0.3 is 4.90 Å². The van der Waals surface area contributed by atoms with Crippen LogP contribution in [0.1, 0.15) is 201 Å². The van der Waals surface area contributed by atoms with Crippen LogP contribution in [0.4, 0.5) is 0 Å². The first kappa shape index (κ1) is 35.0. The van der Waals surface area contributed by atoms with Crippen LogP contribution in [-0.2, 0) is 0 Å². The summed E-state index contributed by atoms with van der Waals surface area (Å²) in [6.07, 6.45) is 40.7. The number of hydrogen-bond acceptors (Lipinski definition) is 1. The molecule has 212 valence electrons. The maximum Gasteiger partial charge on any atom is -0.00187 e. The van der Waals surface area contributed by atoms with Gasteiger partial charge in [0.1, 0.15) is 0 Å². The van der Waals surface area contributed by atoms with Crippen molar-refractivity contribution in [3.05, 3.63) is 0 Å². The molecule has 0 aromatic carbocycles. The molecule has 0 aliphatic rings. The van der Waals surface area contributed by atoms with Gasteiger partial charge in [-0.15, -0.1) is 0 Å². The Morgan fingerprint density at radius 2 is 0.429 bits per heavy atom. The monoisotopic (exact) mass is 494 g/mol. The Kier molecular flexibility index (Phi) is 32.0. The molecule has 0 fully saturated rings. The fourth-order valence-electron chi connectivity index (χ4n) is 5.42. The van der Waals surface area contributed by atoms with Crippen LogP contribution >= 0.6 is 0 Å². The summed E-state index contributed by atoms with van der Waals surface area (Å²) in [7, 11) is 0. The molecule has 1 heteroatoms. The van der Waals surface area contributed by atoms with Gasteiger partial charge in [0.2, 0.25) is 0 Å². The van der Waals surface area contributed by atoms with Gasteiger partial charge in [0, 0.05) is 0 Å². The van der Waals surface area contributed by atoms with Crippen LogP contribution in [0, 0.1) is 0 Å². The molecule has 0 saturated heterocycles. The van der Waals surface area contributed by atoms with E-state index in [0.717, 1.165) is 0 Å². The fraction of sp³-hybridized carbons (Fsp3) is 1.00. The molecule has 0 heterocycles. The molecule has 0 saturated carbocycles. The summed E-state index contributed by atoms with van der Waals surface area (Å²) in [5.74, 6) is 0. The van der Waals surface area contributed by atoms with Crippen molar-refractivity contribution in [1.82, 2.24) is 4.90 Å². The van der Waals surface area contributed by atoms with Crippen LogP contribution in [0.3, 0.4) is 0 Å². The van der Waals surface area contributed by atoms with E-state index in [1.807, 2.05) is 0 Å². The predicted molar refractivity (Wildman–Crippen MR) is 163 cm³/mol. The van der Waals surface area contributed by atoms with Gasteiger partial charge in [-0.3, -0.25) is 0 Å². The zero-order valence-electron chi connectivity index (χ0n) is 25.4. The van der Waals surface area contributed by atoms with Crippen LogP contribution in [-0.4, -0.2) is 24.5 Å². The van der Waals surface area contributed by atoms with Crippen molar-refractivity contribution >= 4 is 0 Å². The van der Waals surface area contributed by atoms with Crippen LogP contribution in [0.5, 0.6) is 0 Å². The van der Waals surface area contributed by atoms with Crippen molar-refractivity contribution in [1.29, 1.82) is 0 Å². The molecule has 0 aliphatic carbocycles. The molecule has 0 atom stereocenters. The number of rotatable bonds is 31. The second-order valence-corrected chi connectivity index (χ2v) is 11.7. The average Bonchev–Trinajstić information content (AvgIpc) is 2.87. The summed E-state index contributed by atoms with van der Waals surface area (Å²) >= 11 is 0. The normalized spacial score (nSPS) is 11.7. The maximum atomic E-state index is 2.79. The Morgan fingerprint density at radius 3 is 0.686 bits per heavy atom. The Balaban J connectivity index is 3.48. The van der Waals surface area contributed by atoms with Crippen molar-refractivity contribution in [2.75, 3.05) is 19.6 Å². The van der Waals surface area contributed by atoms with Crippen LogP contribution in [0.15, 0.2) is 0 Å². The first-order chi connectivity index (χ1) is 17.3. The summed E-state index contributed by atoms with van der Waals surface area (Å²) in [4.78, 5) is 2.79. The third kappa shape index (κ3) is 30.1. The van der Waals surface area contributed by atoms with Crippen molar-refractivity contribution in [3.63, 3.8) is 0 Å². The lowest BCUT2D eigenvalue weighted by Gasteiger charge is -2.22. The van der Waals surface area contributed by atoms with Gasteiger partial charge >= 0.3 is 0 Å². The largest absolute Gasteiger partial charge is 0.303 e. The van der Waals surface area contributed by atoms with E-state index in [1.165, 1.54) is 199 Å². The Labute approximate surface area is 225 Å². The topological polar surface area (TPSA) is 3.24 Å². The van der Waals surface area contributed by atoms with Crippen LogP contribution in [0.2, 0.25) is 0 Å². The van der Waals surface area contributed by atoms with E-state index < -0.39 is 0 Å². The summed E-state index contributed by atoms with van der Waals surface area (Å²) < 4.78 is 0. The average molecular weight is 494 g/mol. The quantitative estimate of drug-likeness (QED) is 0.0867. The summed E-state index contributed by atoms with van der Waals surface area (Å²) in [6.45, 7) is 11.0. The van der Waals surface area contributed by atoms with E-state index in [-0.39, 0.29) is 0 Å². The lowest BCUT2D eigenvalue weighted by molar-refractivity contribution is 0.256. The van der Waals surface area contributed by atoms with Gasteiger partial charge in [0.25, 0.3) is 0 Å². The minimum atomic E-state index is 1.34. The minimum absolute atomic E-state index is 1.34. The van der Waals surface area contributed by atoms with Gasteiger partial charge in [-0.25, -0.2) is 0 Å². The van der Waals surface area contributed by atoms with Crippen molar-refractivity contribution in [2.45, 2.75) is 201 Å². The van der Waals surface area contributed by atoms with Gasteiger partial charge in [0.05, 0.1) is 0 Å². The summed E-state index contributed by atoms with van der Waals surface area (Å²) in [6, 6.07) is 0. The Bertz CT molecular complexity index is 322. The molecule has 0 unspecified atom stereocenters.